The highest BCUT2D eigenvalue weighted by Gasteiger charge is 2.33. The quantitative estimate of drug-likeness (QED) is 0.536. The molecule has 0 amide bonds. The van der Waals surface area contributed by atoms with Gasteiger partial charge in [0, 0.05) is 16.6 Å². The maximum atomic E-state index is 6.23. The zero-order valence-corrected chi connectivity index (χ0v) is 18.9. The van der Waals surface area contributed by atoms with E-state index in [1.54, 1.807) is 17.8 Å². The lowest BCUT2D eigenvalue weighted by molar-refractivity contribution is 0.520. The van der Waals surface area contributed by atoms with Crippen molar-refractivity contribution >= 4 is 52.3 Å². The highest BCUT2D eigenvalue weighted by Crippen LogP contribution is 2.36. The van der Waals surface area contributed by atoms with Gasteiger partial charge in [-0.05, 0) is 43.2 Å². The van der Waals surface area contributed by atoms with E-state index in [0.29, 0.717) is 10.0 Å². The first kappa shape index (κ1) is 20.3. The molecule has 0 saturated carbocycles. The number of halogens is 3. The number of hydrogen-bond donors (Lipinski definition) is 2. The van der Waals surface area contributed by atoms with E-state index < -0.39 is 0 Å². The summed E-state index contributed by atoms with van der Waals surface area (Å²) in [6, 6.07) is 13.6. The van der Waals surface area contributed by atoms with Crippen LogP contribution in [0.5, 0.6) is 0 Å². The molecule has 10 heteroatoms. The average Bonchev–Trinajstić information content (AvgIpc) is 3.37. The minimum Gasteiger partial charge on any atom is -0.250 e. The van der Waals surface area contributed by atoms with E-state index in [2.05, 4.69) is 28.0 Å². The summed E-state index contributed by atoms with van der Waals surface area (Å²) in [4.78, 5) is 0. The molecule has 2 aliphatic heterocycles. The standard InChI is InChI=1S/C20H17Cl3N6S/c1-10-18(12-4-7-14(22)15(23)8-12)28-29-19(26-27-20(29)30-10)17-9-16(24-25-17)11-2-5-13(21)6-3-11/h2-8,10,16-17,24-25H,9H2,1H3. The van der Waals surface area contributed by atoms with Crippen LogP contribution in [0.15, 0.2) is 52.7 Å². The van der Waals surface area contributed by atoms with Gasteiger partial charge in [0.1, 0.15) is 0 Å². The van der Waals surface area contributed by atoms with Crippen LogP contribution in [0.4, 0.5) is 0 Å². The molecule has 1 aromatic heterocycles. The van der Waals surface area contributed by atoms with Gasteiger partial charge in [-0.3, -0.25) is 0 Å². The number of hydrazine groups is 1. The van der Waals surface area contributed by atoms with Crippen molar-refractivity contribution in [1.82, 2.24) is 25.7 Å². The van der Waals surface area contributed by atoms with Crippen molar-refractivity contribution in [3.63, 3.8) is 0 Å². The lowest BCUT2D eigenvalue weighted by Crippen LogP contribution is -2.28. The van der Waals surface area contributed by atoms with Crippen molar-refractivity contribution in [3.8, 4) is 0 Å². The molecule has 2 aliphatic rings. The Morgan fingerprint density at radius 3 is 2.50 bits per heavy atom. The first-order valence-corrected chi connectivity index (χ1v) is 11.4. The molecule has 0 spiro atoms. The molecule has 5 rings (SSSR count). The van der Waals surface area contributed by atoms with E-state index >= 15 is 0 Å². The second kappa shape index (κ2) is 8.15. The summed E-state index contributed by atoms with van der Waals surface area (Å²) in [5, 5.41) is 16.3. The highest BCUT2D eigenvalue weighted by molar-refractivity contribution is 8.00. The molecule has 0 bridgehead atoms. The molecule has 154 valence electrons. The molecule has 0 radical (unpaired) electrons. The lowest BCUT2D eigenvalue weighted by Gasteiger charge is -2.21. The number of fused-ring (bicyclic) bond motifs is 1. The van der Waals surface area contributed by atoms with E-state index in [0.717, 1.165) is 39.3 Å². The Labute approximate surface area is 193 Å². The van der Waals surface area contributed by atoms with Gasteiger partial charge in [0.25, 0.3) is 0 Å². The highest BCUT2D eigenvalue weighted by atomic mass is 35.5. The fourth-order valence-electron chi connectivity index (χ4n) is 3.65. The fourth-order valence-corrected chi connectivity index (χ4v) is 5.01. The Morgan fingerprint density at radius 2 is 1.73 bits per heavy atom. The normalized spacial score (nSPS) is 23.3. The number of hydrogen-bond acceptors (Lipinski definition) is 6. The molecule has 2 N–H and O–H groups in total. The van der Waals surface area contributed by atoms with Gasteiger partial charge >= 0.3 is 0 Å². The van der Waals surface area contributed by atoms with E-state index in [9.17, 15) is 0 Å². The van der Waals surface area contributed by atoms with Gasteiger partial charge in [0.05, 0.1) is 27.0 Å². The van der Waals surface area contributed by atoms with Gasteiger partial charge in [0.15, 0.2) is 5.82 Å². The van der Waals surface area contributed by atoms with Crippen LogP contribution in [-0.2, 0) is 0 Å². The molecule has 6 nitrogen and oxygen atoms in total. The third kappa shape index (κ3) is 3.75. The van der Waals surface area contributed by atoms with Crippen LogP contribution >= 0.6 is 46.6 Å². The lowest BCUT2D eigenvalue weighted by atomic mass is 10.0. The number of thioether (sulfide) groups is 1. The SMILES string of the molecule is CC1Sc2nnc(C3CC(c4ccc(Cl)cc4)NN3)n2N=C1c1ccc(Cl)c(Cl)c1. The predicted molar refractivity (Wildman–Crippen MR) is 122 cm³/mol. The van der Waals surface area contributed by atoms with Crippen molar-refractivity contribution in [2.75, 3.05) is 0 Å². The molecular formula is C20H17Cl3N6S. The van der Waals surface area contributed by atoms with Crippen molar-refractivity contribution in [2.24, 2.45) is 5.10 Å². The second-order valence-corrected chi connectivity index (χ2v) is 9.77. The van der Waals surface area contributed by atoms with Gasteiger partial charge in [-0.25, -0.2) is 10.9 Å². The summed E-state index contributed by atoms with van der Waals surface area (Å²) in [5.74, 6) is 0.769. The van der Waals surface area contributed by atoms with E-state index in [4.69, 9.17) is 39.9 Å². The Balaban J connectivity index is 1.44. The molecular weight excluding hydrogens is 463 g/mol. The molecule has 0 aliphatic carbocycles. The molecule has 3 aromatic rings. The maximum absolute atomic E-state index is 6.23. The van der Waals surface area contributed by atoms with Crippen molar-refractivity contribution in [1.29, 1.82) is 0 Å². The molecule has 3 heterocycles. The zero-order chi connectivity index (χ0) is 20.8. The summed E-state index contributed by atoms with van der Waals surface area (Å²) in [5.41, 5.74) is 9.68. The second-order valence-electron chi connectivity index (χ2n) is 7.21. The Kier molecular flexibility index (Phi) is 5.51. The minimum atomic E-state index is -0.0280. The van der Waals surface area contributed by atoms with E-state index in [1.807, 2.05) is 41.1 Å². The van der Waals surface area contributed by atoms with Gasteiger partial charge in [0.2, 0.25) is 5.16 Å². The first-order chi connectivity index (χ1) is 14.5. The maximum Gasteiger partial charge on any atom is 0.212 e. The molecule has 1 fully saturated rings. The fraction of sp³-hybridized carbons (Fsp3) is 0.250. The van der Waals surface area contributed by atoms with Crippen LogP contribution in [0, 0.1) is 0 Å². The summed E-state index contributed by atoms with van der Waals surface area (Å²) in [7, 11) is 0. The molecule has 3 unspecified atom stereocenters. The van der Waals surface area contributed by atoms with Gasteiger partial charge < -0.3 is 0 Å². The van der Waals surface area contributed by atoms with Crippen molar-refractivity contribution < 1.29 is 0 Å². The monoisotopic (exact) mass is 478 g/mol. The van der Waals surface area contributed by atoms with Crippen LogP contribution in [0.2, 0.25) is 15.1 Å². The Hall–Kier alpha value is -1.61. The smallest absolute Gasteiger partial charge is 0.212 e. The summed E-state index contributed by atoms with van der Waals surface area (Å²) in [6.45, 7) is 2.09. The minimum absolute atomic E-state index is 0.0280. The molecule has 30 heavy (non-hydrogen) atoms. The molecule has 1 saturated heterocycles. The van der Waals surface area contributed by atoms with Crippen LogP contribution in [0.3, 0.4) is 0 Å². The van der Waals surface area contributed by atoms with Gasteiger partial charge in [-0.2, -0.15) is 9.78 Å². The topological polar surface area (TPSA) is 67.1 Å². The number of nitrogens with one attached hydrogen (secondary N) is 2. The number of aromatic nitrogens is 3. The third-order valence-corrected chi connectivity index (χ3v) is 7.25. The Bertz CT molecular complexity index is 1130. The van der Waals surface area contributed by atoms with Crippen LogP contribution < -0.4 is 10.9 Å². The van der Waals surface area contributed by atoms with Gasteiger partial charge in [-0.1, -0.05) is 64.8 Å². The largest absolute Gasteiger partial charge is 0.250 e. The van der Waals surface area contributed by atoms with Crippen LogP contribution in [-0.4, -0.2) is 25.8 Å². The van der Waals surface area contributed by atoms with Crippen LogP contribution in [0.25, 0.3) is 0 Å². The predicted octanol–water partition coefficient (Wildman–Crippen LogP) is 5.27. The molecule has 2 aromatic carbocycles. The van der Waals surface area contributed by atoms with Crippen molar-refractivity contribution in [3.05, 3.63) is 74.5 Å². The number of nitrogens with zero attached hydrogens (tertiary/aromatic N) is 4. The van der Waals surface area contributed by atoms with E-state index in [1.165, 1.54) is 0 Å². The van der Waals surface area contributed by atoms with Crippen LogP contribution in [0.1, 0.15) is 42.4 Å². The third-order valence-electron chi connectivity index (χ3n) is 5.21. The van der Waals surface area contributed by atoms with Crippen molar-refractivity contribution in [2.45, 2.75) is 35.8 Å². The average molecular weight is 480 g/mol. The Morgan fingerprint density at radius 1 is 0.967 bits per heavy atom. The summed E-state index contributed by atoms with van der Waals surface area (Å²) < 4.78 is 1.83. The van der Waals surface area contributed by atoms with Gasteiger partial charge in [-0.15, -0.1) is 10.2 Å². The number of benzene rings is 2. The van der Waals surface area contributed by atoms with E-state index in [-0.39, 0.29) is 17.3 Å². The number of rotatable bonds is 3. The summed E-state index contributed by atoms with van der Waals surface area (Å²) >= 11 is 19.9. The summed E-state index contributed by atoms with van der Waals surface area (Å²) in [6.07, 6.45) is 0.817. The molecule has 3 atom stereocenters. The first-order valence-electron chi connectivity index (χ1n) is 9.42. The zero-order valence-electron chi connectivity index (χ0n) is 15.8.